The second-order valence-electron chi connectivity index (χ2n) is 9.40. The molecule has 6 nitrogen and oxygen atoms in total. The highest BCUT2D eigenvalue weighted by atomic mass is 16.5. The third-order valence-electron chi connectivity index (χ3n) is 6.12. The summed E-state index contributed by atoms with van der Waals surface area (Å²) in [6, 6.07) is 15.7. The molecule has 0 amide bonds. The average molecular weight is 429 g/mol. The Bertz CT molecular complexity index is 1240. The van der Waals surface area contributed by atoms with Crippen LogP contribution in [0.15, 0.2) is 59.8 Å². The Labute approximate surface area is 188 Å². The molecule has 1 aromatic heterocycles. The number of benzene rings is 2. The van der Waals surface area contributed by atoms with Crippen LogP contribution in [0.3, 0.4) is 0 Å². The number of aromatic nitrogens is 3. The van der Waals surface area contributed by atoms with E-state index in [2.05, 4.69) is 38.2 Å². The van der Waals surface area contributed by atoms with Crippen molar-refractivity contribution in [3.63, 3.8) is 0 Å². The first-order valence-corrected chi connectivity index (χ1v) is 11.1. The highest BCUT2D eigenvalue weighted by Gasteiger charge is 2.42. The molecule has 0 saturated heterocycles. The molecule has 0 spiro atoms. The zero-order valence-corrected chi connectivity index (χ0v) is 19.0. The van der Waals surface area contributed by atoms with Crippen LogP contribution < -0.4 is 10.1 Å². The van der Waals surface area contributed by atoms with Crippen LogP contribution in [-0.4, -0.2) is 27.2 Å². The van der Waals surface area contributed by atoms with Gasteiger partial charge in [0.1, 0.15) is 11.8 Å². The molecule has 6 heteroatoms. The predicted molar refractivity (Wildman–Crippen MR) is 125 cm³/mol. The second-order valence-corrected chi connectivity index (χ2v) is 9.40. The van der Waals surface area contributed by atoms with Crippen molar-refractivity contribution >= 4 is 11.7 Å². The number of nitrogens with one attached hydrogen (secondary N) is 1. The van der Waals surface area contributed by atoms with E-state index in [0.29, 0.717) is 24.8 Å². The maximum absolute atomic E-state index is 13.4. The first kappa shape index (κ1) is 20.5. The number of rotatable bonds is 4. The number of para-hydroxylation sites is 1. The van der Waals surface area contributed by atoms with E-state index in [9.17, 15) is 4.79 Å². The molecule has 0 radical (unpaired) electrons. The summed E-state index contributed by atoms with van der Waals surface area (Å²) in [4.78, 5) is 18.3. The van der Waals surface area contributed by atoms with Crippen molar-refractivity contribution in [3.8, 4) is 17.1 Å². The minimum absolute atomic E-state index is 0.103. The van der Waals surface area contributed by atoms with Gasteiger partial charge in [-0.15, -0.1) is 5.10 Å². The molecule has 0 saturated carbocycles. The predicted octanol–water partition coefficient (Wildman–Crippen LogP) is 5.31. The fourth-order valence-electron chi connectivity index (χ4n) is 4.80. The number of hydrogen-bond donors (Lipinski definition) is 1. The molecule has 0 bridgehead atoms. The Kier molecular flexibility index (Phi) is 4.88. The summed E-state index contributed by atoms with van der Waals surface area (Å²) < 4.78 is 7.80. The molecule has 2 heterocycles. The van der Waals surface area contributed by atoms with Crippen LogP contribution in [0.25, 0.3) is 11.4 Å². The molecule has 5 rings (SSSR count). The lowest BCUT2D eigenvalue weighted by molar-refractivity contribution is -0.118. The van der Waals surface area contributed by atoms with Crippen molar-refractivity contribution in [2.45, 2.75) is 46.6 Å². The Morgan fingerprint density at radius 3 is 2.75 bits per heavy atom. The summed E-state index contributed by atoms with van der Waals surface area (Å²) in [5.41, 5.74) is 4.64. The van der Waals surface area contributed by atoms with Crippen molar-refractivity contribution < 1.29 is 9.53 Å². The van der Waals surface area contributed by atoms with Crippen LogP contribution in [0.4, 0.5) is 5.95 Å². The number of aryl methyl sites for hydroxylation is 1. The van der Waals surface area contributed by atoms with E-state index in [0.717, 1.165) is 40.1 Å². The number of anilines is 1. The zero-order valence-electron chi connectivity index (χ0n) is 19.0. The van der Waals surface area contributed by atoms with Crippen molar-refractivity contribution in [1.82, 2.24) is 14.8 Å². The molecule has 3 aromatic rings. The highest BCUT2D eigenvalue weighted by Crippen LogP contribution is 2.47. The molecule has 1 aliphatic heterocycles. The molecular weight excluding hydrogens is 400 g/mol. The Morgan fingerprint density at radius 1 is 1.16 bits per heavy atom. The van der Waals surface area contributed by atoms with Crippen molar-refractivity contribution in [3.05, 3.63) is 70.9 Å². The SMILES string of the molecule is CCOc1ccccc1C1C2=C(CC(C)(C)CC2=O)Nc2nc(-c3cccc(C)c3)nn21. The molecule has 0 fully saturated rings. The van der Waals surface area contributed by atoms with Crippen LogP contribution >= 0.6 is 0 Å². The van der Waals surface area contributed by atoms with Gasteiger partial charge in [-0.25, -0.2) is 4.68 Å². The third kappa shape index (κ3) is 3.49. The van der Waals surface area contributed by atoms with Gasteiger partial charge in [-0.05, 0) is 37.8 Å². The summed E-state index contributed by atoms with van der Waals surface area (Å²) in [7, 11) is 0. The molecule has 1 aliphatic carbocycles. The number of carbonyl (C=O) groups excluding carboxylic acids is 1. The monoisotopic (exact) mass is 428 g/mol. The van der Waals surface area contributed by atoms with E-state index >= 15 is 0 Å². The topological polar surface area (TPSA) is 69.0 Å². The van der Waals surface area contributed by atoms with E-state index in [4.69, 9.17) is 14.8 Å². The van der Waals surface area contributed by atoms with Gasteiger partial charge < -0.3 is 10.1 Å². The van der Waals surface area contributed by atoms with E-state index in [1.54, 1.807) is 0 Å². The lowest BCUT2D eigenvalue weighted by Gasteiger charge is -2.38. The third-order valence-corrected chi connectivity index (χ3v) is 6.12. The summed E-state index contributed by atoms with van der Waals surface area (Å²) in [6.45, 7) is 8.84. The number of allylic oxidation sites excluding steroid dienone is 2. The number of nitrogens with zero attached hydrogens (tertiary/aromatic N) is 3. The van der Waals surface area contributed by atoms with Crippen molar-refractivity contribution in [1.29, 1.82) is 0 Å². The van der Waals surface area contributed by atoms with Gasteiger partial charge in [0, 0.05) is 28.8 Å². The fraction of sp³-hybridized carbons (Fsp3) is 0.346. The van der Waals surface area contributed by atoms with Crippen molar-refractivity contribution in [2.24, 2.45) is 5.41 Å². The number of ether oxygens (including phenoxy) is 1. The summed E-state index contributed by atoms with van der Waals surface area (Å²) in [5.74, 6) is 2.21. The number of hydrogen-bond acceptors (Lipinski definition) is 5. The second kappa shape index (κ2) is 7.62. The molecule has 1 unspecified atom stereocenters. The molecule has 1 N–H and O–H groups in total. The van der Waals surface area contributed by atoms with Gasteiger partial charge in [0.2, 0.25) is 5.95 Å². The van der Waals surface area contributed by atoms with E-state index in [1.165, 1.54) is 0 Å². The van der Waals surface area contributed by atoms with Gasteiger partial charge in [-0.1, -0.05) is 55.8 Å². The van der Waals surface area contributed by atoms with Crippen LogP contribution in [0.1, 0.15) is 50.8 Å². The fourth-order valence-corrected chi connectivity index (χ4v) is 4.80. The smallest absolute Gasteiger partial charge is 0.226 e. The van der Waals surface area contributed by atoms with Crippen LogP contribution in [0, 0.1) is 12.3 Å². The average Bonchev–Trinajstić information content (AvgIpc) is 3.16. The maximum Gasteiger partial charge on any atom is 0.226 e. The molecule has 1 atom stereocenters. The Balaban J connectivity index is 1.71. The van der Waals surface area contributed by atoms with Crippen LogP contribution in [-0.2, 0) is 4.79 Å². The highest BCUT2D eigenvalue weighted by molar-refractivity contribution is 6.00. The summed E-state index contributed by atoms with van der Waals surface area (Å²) in [6.07, 6.45) is 1.30. The Hall–Kier alpha value is -3.41. The van der Waals surface area contributed by atoms with Crippen LogP contribution in [0.2, 0.25) is 0 Å². The number of carbonyl (C=O) groups is 1. The molecule has 2 aromatic carbocycles. The van der Waals surface area contributed by atoms with E-state index < -0.39 is 0 Å². The van der Waals surface area contributed by atoms with Gasteiger partial charge >= 0.3 is 0 Å². The first-order valence-electron chi connectivity index (χ1n) is 11.1. The van der Waals surface area contributed by atoms with Crippen molar-refractivity contribution in [2.75, 3.05) is 11.9 Å². The normalized spacial score (nSPS) is 19.2. The maximum atomic E-state index is 13.4. The minimum Gasteiger partial charge on any atom is -0.494 e. The van der Waals surface area contributed by atoms with Crippen LogP contribution in [0.5, 0.6) is 5.75 Å². The van der Waals surface area contributed by atoms with Gasteiger partial charge in [-0.2, -0.15) is 4.98 Å². The molecular formula is C26H28N4O2. The molecule has 32 heavy (non-hydrogen) atoms. The quantitative estimate of drug-likeness (QED) is 0.610. The van der Waals surface area contributed by atoms with E-state index in [1.807, 2.05) is 48.0 Å². The summed E-state index contributed by atoms with van der Waals surface area (Å²) in [5, 5.41) is 8.33. The van der Waals surface area contributed by atoms with Gasteiger partial charge in [-0.3, -0.25) is 4.79 Å². The first-order chi connectivity index (χ1) is 15.4. The number of fused-ring (bicyclic) bond motifs is 1. The standard InChI is InChI=1S/C26H28N4O2/c1-5-32-21-12-7-6-11-18(21)23-22-19(14-26(3,4)15-20(22)31)27-25-28-24(29-30(23)25)17-10-8-9-16(2)13-17/h6-13,23H,5,14-15H2,1-4H3,(H,27,28,29). The molecule has 2 aliphatic rings. The van der Waals surface area contributed by atoms with Gasteiger partial charge in [0.05, 0.1) is 6.61 Å². The number of Topliss-reactive ketones (excluding diaryl/α,β-unsaturated/α-hetero) is 1. The summed E-state index contributed by atoms with van der Waals surface area (Å²) >= 11 is 0. The zero-order chi connectivity index (χ0) is 22.5. The largest absolute Gasteiger partial charge is 0.494 e. The lowest BCUT2D eigenvalue weighted by Crippen LogP contribution is -2.36. The lowest BCUT2D eigenvalue weighted by atomic mass is 9.73. The number of ketones is 1. The van der Waals surface area contributed by atoms with E-state index in [-0.39, 0.29) is 17.2 Å². The van der Waals surface area contributed by atoms with Gasteiger partial charge in [0.25, 0.3) is 0 Å². The minimum atomic E-state index is -0.376. The van der Waals surface area contributed by atoms with Gasteiger partial charge in [0.15, 0.2) is 11.6 Å². The molecule has 164 valence electrons. The Morgan fingerprint density at radius 2 is 1.97 bits per heavy atom.